The van der Waals surface area contributed by atoms with E-state index in [1.165, 1.54) is 11.3 Å². The number of benzene rings is 2. The minimum absolute atomic E-state index is 0.0750. The fraction of sp³-hybridized carbons (Fsp3) is 0.240. The van der Waals surface area contributed by atoms with Crippen molar-refractivity contribution in [3.8, 4) is 5.69 Å². The van der Waals surface area contributed by atoms with E-state index >= 15 is 0 Å². The number of primary amides is 1. The Morgan fingerprint density at radius 2 is 1.76 bits per heavy atom. The van der Waals surface area contributed by atoms with Crippen molar-refractivity contribution >= 4 is 44.7 Å². The lowest BCUT2D eigenvalue weighted by Gasteiger charge is -2.33. The predicted octanol–water partition coefficient (Wildman–Crippen LogP) is 4.35. The summed E-state index contributed by atoms with van der Waals surface area (Å²) in [5.74, 6) is -0.450. The molecule has 1 aliphatic heterocycles. The summed E-state index contributed by atoms with van der Waals surface area (Å²) < 4.78 is 1.89. The molecule has 168 valence electrons. The van der Waals surface area contributed by atoms with Gasteiger partial charge in [-0.1, -0.05) is 30.3 Å². The lowest BCUT2D eigenvalue weighted by Crippen LogP contribution is -2.38. The molecule has 0 aliphatic carbocycles. The van der Waals surface area contributed by atoms with Crippen LogP contribution in [0.2, 0.25) is 0 Å². The number of aromatic nitrogens is 2. The summed E-state index contributed by atoms with van der Waals surface area (Å²) in [6, 6.07) is 19.6. The van der Waals surface area contributed by atoms with E-state index in [2.05, 4.69) is 15.3 Å². The Labute approximate surface area is 195 Å². The van der Waals surface area contributed by atoms with Crippen LogP contribution < -0.4 is 16.0 Å². The largest absolute Gasteiger partial charge is 0.370 e. The molecule has 2 aromatic carbocycles. The average molecular weight is 460 g/mol. The molecule has 2 amide bonds. The highest BCUT2D eigenvalue weighted by molar-refractivity contribution is 7.20. The van der Waals surface area contributed by atoms with Gasteiger partial charge < -0.3 is 16.0 Å². The number of nitrogens with two attached hydrogens (primary N) is 1. The lowest BCUT2D eigenvalue weighted by atomic mass is 9.96. The fourth-order valence-electron chi connectivity index (χ4n) is 4.35. The van der Waals surface area contributed by atoms with Gasteiger partial charge in [0.25, 0.3) is 5.91 Å². The van der Waals surface area contributed by atoms with Crippen LogP contribution in [0.1, 0.15) is 28.2 Å². The van der Waals surface area contributed by atoms with Gasteiger partial charge in [0.1, 0.15) is 4.83 Å². The van der Waals surface area contributed by atoms with Crippen LogP contribution in [0.5, 0.6) is 0 Å². The molecule has 1 aliphatic rings. The Hall–Kier alpha value is -3.65. The summed E-state index contributed by atoms with van der Waals surface area (Å²) in [6.45, 7) is 3.42. The van der Waals surface area contributed by atoms with E-state index in [1.54, 1.807) is 0 Å². The predicted molar refractivity (Wildman–Crippen MR) is 132 cm³/mol. The summed E-state index contributed by atoms with van der Waals surface area (Å²) in [4.78, 5) is 28.5. The monoisotopic (exact) mass is 459 g/mol. The molecule has 33 heavy (non-hydrogen) atoms. The number of thiophene rings is 1. The van der Waals surface area contributed by atoms with Crippen LogP contribution in [0, 0.1) is 12.8 Å². The first-order chi connectivity index (χ1) is 16.0. The molecule has 5 rings (SSSR count). The van der Waals surface area contributed by atoms with Gasteiger partial charge in [-0.2, -0.15) is 5.10 Å². The van der Waals surface area contributed by atoms with Crippen LogP contribution in [-0.2, 0) is 4.79 Å². The number of anilines is 2. The number of piperidine rings is 1. The molecule has 0 saturated carbocycles. The molecule has 1 saturated heterocycles. The molecule has 3 N–H and O–H groups in total. The van der Waals surface area contributed by atoms with E-state index in [1.807, 2.05) is 72.3 Å². The highest BCUT2D eigenvalue weighted by Gasteiger charge is 2.25. The zero-order valence-electron chi connectivity index (χ0n) is 18.3. The minimum atomic E-state index is -0.231. The first kappa shape index (κ1) is 21.2. The van der Waals surface area contributed by atoms with Gasteiger partial charge in [0.2, 0.25) is 5.91 Å². The molecule has 3 heterocycles. The molecule has 1 fully saturated rings. The quantitative estimate of drug-likeness (QED) is 0.464. The molecule has 4 aromatic rings. The SMILES string of the molecule is Cc1nn(-c2ccccc2)c2sc(C(=O)Nc3ccccc3N3CCC(C(N)=O)CC3)cc12. The highest BCUT2D eigenvalue weighted by atomic mass is 32.1. The van der Waals surface area contributed by atoms with E-state index in [0.29, 0.717) is 4.88 Å². The molecule has 7 nitrogen and oxygen atoms in total. The average Bonchev–Trinajstić information content (AvgIpc) is 3.41. The number of para-hydroxylation sites is 3. The van der Waals surface area contributed by atoms with Gasteiger partial charge in [0.05, 0.1) is 27.6 Å². The van der Waals surface area contributed by atoms with Crippen molar-refractivity contribution in [3.05, 3.63) is 71.2 Å². The maximum Gasteiger partial charge on any atom is 0.265 e. The molecule has 0 bridgehead atoms. The molecule has 8 heteroatoms. The van der Waals surface area contributed by atoms with Crippen molar-refractivity contribution in [1.29, 1.82) is 0 Å². The summed E-state index contributed by atoms with van der Waals surface area (Å²) in [7, 11) is 0. The summed E-state index contributed by atoms with van der Waals surface area (Å²) in [5.41, 5.74) is 9.05. The Morgan fingerprint density at radius 1 is 1.06 bits per heavy atom. The fourth-order valence-corrected chi connectivity index (χ4v) is 5.43. The number of nitrogens with zero attached hydrogens (tertiary/aromatic N) is 3. The number of hydrogen-bond donors (Lipinski definition) is 2. The number of fused-ring (bicyclic) bond motifs is 1. The standard InChI is InChI=1S/C25H25N5O2S/c1-16-19-15-22(33-25(19)30(28-16)18-7-3-2-4-8-18)24(32)27-20-9-5-6-10-21(20)29-13-11-17(12-14-29)23(26)31/h2-10,15,17H,11-14H2,1H3,(H2,26,31)(H,27,32). The second-order valence-corrected chi connectivity index (χ2v) is 9.33. The smallest absolute Gasteiger partial charge is 0.265 e. The first-order valence-corrected chi connectivity index (χ1v) is 11.8. The maximum atomic E-state index is 13.2. The van der Waals surface area contributed by atoms with Crippen LogP contribution >= 0.6 is 11.3 Å². The van der Waals surface area contributed by atoms with Crippen molar-refractivity contribution in [3.63, 3.8) is 0 Å². The third-order valence-electron chi connectivity index (χ3n) is 6.16. The van der Waals surface area contributed by atoms with Crippen molar-refractivity contribution < 1.29 is 9.59 Å². The second-order valence-electron chi connectivity index (χ2n) is 8.30. The van der Waals surface area contributed by atoms with Gasteiger partial charge in [0.15, 0.2) is 0 Å². The van der Waals surface area contributed by atoms with E-state index in [4.69, 9.17) is 5.73 Å². The zero-order valence-corrected chi connectivity index (χ0v) is 19.1. The molecular formula is C25H25N5O2S. The van der Waals surface area contributed by atoms with E-state index in [-0.39, 0.29) is 17.7 Å². The molecule has 0 spiro atoms. The van der Waals surface area contributed by atoms with E-state index in [0.717, 1.165) is 58.9 Å². The molecular weight excluding hydrogens is 434 g/mol. The third-order valence-corrected chi connectivity index (χ3v) is 7.27. The van der Waals surface area contributed by atoms with Crippen LogP contribution in [0.3, 0.4) is 0 Å². The number of hydrogen-bond acceptors (Lipinski definition) is 5. The highest BCUT2D eigenvalue weighted by Crippen LogP contribution is 2.33. The minimum Gasteiger partial charge on any atom is -0.370 e. The molecule has 0 unspecified atom stereocenters. The Morgan fingerprint density at radius 3 is 2.48 bits per heavy atom. The van der Waals surface area contributed by atoms with Crippen LogP contribution in [0.25, 0.3) is 15.9 Å². The van der Waals surface area contributed by atoms with Gasteiger partial charge in [-0.25, -0.2) is 4.68 Å². The van der Waals surface area contributed by atoms with Gasteiger partial charge >= 0.3 is 0 Å². The normalized spacial score (nSPS) is 14.5. The summed E-state index contributed by atoms with van der Waals surface area (Å²) in [6.07, 6.45) is 1.45. The summed E-state index contributed by atoms with van der Waals surface area (Å²) >= 11 is 1.44. The number of aryl methyl sites for hydroxylation is 1. The number of carbonyl (C=O) groups excluding carboxylic acids is 2. The van der Waals surface area contributed by atoms with Crippen molar-refractivity contribution in [2.75, 3.05) is 23.3 Å². The molecule has 2 aromatic heterocycles. The number of amides is 2. The maximum absolute atomic E-state index is 13.2. The van der Waals surface area contributed by atoms with Crippen molar-refractivity contribution in [2.24, 2.45) is 11.7 Å². The Bertz CT molecular complexity index is 1320. The van der Waals surface area contributed by atoms with Gasteiger partial charge in [-0.15, -0.1) is 11.3 Å². The first-order valence-electron chi connectivity index (χ1n) is 11.0. The van der Waals surface area contributed by atoms with Crippen LogP contribution in [0.15, 0.2) is 60.7 Å². The van der Waals surface area contributed by atoms with Gasteiger partial charge in [-0.05, 0) is 50.1 Å². The summed E-state index contributed by atoms with van der Waals surface area (Å²) in [5, 5.41) is 8.73. The molecule has 0 atom stereocenters. The Balaban J connectivity index is 1.39. The second kappa shape index (κ2) is 8.71. The van der Waals surface area contributed by atoms with Crippen molar-refractivity contribution in [1.82, 2.24) is 9.78 Å². The number of rotatable bonds is 5. The van der Waals surface area contributed by atoms with E-state index in [9.17, 15) is 9.59 Å². The third kappa shape index (κ3) is 4.09. The van der Waals surface area contributed by atoms with Crippen LogP contribution in [0.4, 0.5) is 11.4 Å². The number of carbonyl (C=O) groups is 2. The Kier molecular flexibility index (Phi) is 5.60. The zero-order chi connectivity index (χ0) is 22.9. The lowest BCUT2D eigenvalue weighted by molar-refractivity contribution is -0.122. The van der Waals surface area contributed by atoms with Gasteiger partial charge in [0, 0.05) is 24.4 Å². The van der Waals surface area contributed by atoms with Gasteiger partial charge in [-0.3, -0.25) is 9.59 Å². The molecule has 0 radical (unpaired) electrons. The van der Waals surface area contributed by atoms with E-state index < -0.39 is 0 Å². The topological polar surface area (TPSA) is 93.2 Å². The number of nitrogens with one attached hydrogen (secondary N) is 1. The van der Waals surface area contributed by atoms with Crippen LogP contribution in [-0.4, -0.2) is 34.7 Å². The van der Waals surface area contributed by atoms with Crippen molar-refractivity contribution in [2.45, 2.75) is 19.8 Å².